The number of sulfonamides is 1. The topological polar surface area (TPSA) is 114 Å². The summed E-state index contributed by atoms with van der Waals surface area (Å²) in [6, 6.07) is 6.32. The van der Waals surface area contributed by atoms with E-state index in [0.29, 0.717) is 23.8 Å². The van der Waals surface area contributed by atoms with Crippen molar-refractivity contribution >= 4 is 15.9 Å². The lowest BCUT2D eigenvalue weighted by Crippen LogP contribution is -2.41. The third kappa shape index (κ3) is 7.25. The third-order valence-corrected chi connectivity index (χ3v) is 9.61. The SMILES string of the molecule is COc1ccc(S(=O)(=O)N(CCO)CCO[C@@H]2C[C@H](C3CCC3)C=C(C(=O)NC3CCCCC3)O2)cc1. The van der Waals surface area contributed by atoms with Crippen LogP contribution in [0.25, 0.3) is 0 Å². The van der Waals surface area contributed by atoms with Crippen molar-refractivity contribution in [2.75, 3.05) is 33.4 Å². The number of rotatable bonds is 12. The molecular weight excluding hydrogens is 496 g/mol. The number of allylic oxidation sites excluding steroid dienone is 1. The van der Waals surface area contributed by atoms with Crippen LogP contribution in [0.15, 0.2) is 41.0 Å². The van der Waals surface area contributed by atoms with Crippen LogP contribution >= 0.6 is 0 Å². The van der Waals surface area contributed by atoms with Crippen molar-refractivity contribution in [1.29, 1.82) is 0 Å². The number of aliphatic hydroxyl groups excluding tert-OH is 1. The summed E-state index contributed by atoms with van der Waals surface area (Å²) in [7, 11) is -2.31. The maximum atomic E-state index is 13.1. The Kier molecular flexibility index (Phi) is 9.86. The van der Waals surface area contributed by atoms with Gasteiger partial charge in [0.25, 0.3) is 5.91 Å². The second kappa shape index (κ2) is 13.1. The average molecular weight is 537 g/mol. The summed E-state index contributed by atoms with van der Waals surface area (Å²) >= 11 is 0. The van der Waals surface area contributed by atoms with Gasteiger partial charge in [-0.15, -0.1) is 0 Å². The Morgan fingerprint density at radius 2 is 1.81 bits per heavy atom. The van der Waals surface area contributed by atoms with Crippen LogP contribution in [0, 0.1) is 11.8 Å². The molecule has 9 nitrogen and oxygen atoms in total. The van der Waals surface area contributed by atoms with E-state index in [1.54, 1.807) is 12.1 Å². The standard InChI is InChI=1S/C27H40N2O7S/c1-34-23-10-12-24(13-11-23)37(32,33)29(14-16-30)15-17-35-26-19-21(20-6-5-7-20)18-25(36-26)27(31)28-22-8-3-2-4-9-22/h10-13,18,20-22,26,30H,2-9,14-17,19H2,1H3,(H,28,31)/t21-,26+/m1/s1. The summed E-state index contributed by atoms with van der Waals surface area (Å²) in [6.07, 6.45) is 10.9. The van der Waals surface area contributed by atoms with Gasteiger partial charge in [0.05, 0.1) is 25.2 Å². The molecule has 2 fully saturated rings. The van der Waals surface area contributed by atoms with Gasteiger partial charge >= 0.3 is 0 Å². The fourth-order valence-corrected chi connectivity index (χ4v) is 6.71. The van der Waals surface area contributed by atoms with Crippen molar-refractivity contribution < 1.29 is 32.5 Å². The van der Waals surface area contributed by atoms with Crippen LogP contribution in [0.2, 0.25) is 0 Å². The molecule has 2 saturated carbocycles. The van der Waals surface area contributed by atoms with Crippen LogP contribution in [0.1, 0.15) is 57.8 Å². The van der Waals surface area contributed by atoms with E-state index < -0.39 is 16.3 Å². The summed E-state index contributed by atoms with van der Waals surface area (Å²) in [5, 5.41) is 12.6. The van der Waals surface area contributed by atoms with Gasteiger partial charge in [-0.25, -0.2) is 8.42 Å². The molecule has 1 heterocycles. The molecule has 1 aromatic rings. The lowest BCUT2D eigenvalue weighted by molar-refractivity contribution is -0.152. The van der Waals surface area contributed by atoms with Crippen molar-refractivity contribution in [2.45, 2.75) is 75.0 Å². The van der Waals surface area contributed by atoms with Crippen molar-refractivity contribution in [3.05, 3.63) is 36.1 Å². The molecule has 37 heavy (non-hydrogen) atoms. The van der Waals surface area contributed by atoms with Crippen LogP contribution in [-0.2, 0) is 24.3 Å². The van der Waals surface area contributed by atoms with E-state index in [9.17, 15) is 18.3 Å². The van der Waals surface area contributed by atoms with Gasteiger partial charge in [0, 0.05) is 25.6 Å². The number of aliphatic hydroxyl groups is 1. The van der Waals surface area contributed by atoms with Gasteiger partial charge in [-0.2, -0.15) is 4.31 Å². The predicted molar refractivity (Wildman–Crippen MR) is 138 cm³/mol. The quantitative estimate of drug-likeness (QED) is 0.422. The number of carbonyl (C=O) groups is 1. The molecule has 0 saturated heterocycles. The highest BCUT2D eigenvalue weighted by Gasteiger charge is 2.35. The molecule has 0 unspecified atom stereocenters. The highest BCUT2D eigenvalue weighted by atomic mass is 32.2. The highest BCUT2D eigenvalue weighted by molar-refractivity contribution is 7.89. The van der Waals surface area contributed by atoms with Gasteiger partial charge in [0.2, 0.25) is 16.3 Å². The van der Waals surface area contributed by atoms with Gasteiger partial charge in [-0.3, -0.25) is 4.79 Å². The molecule has 1 aromatic carbocycles. The average Bonchev–Trinajstić information content (AvgIpc) is 2.87. The largest absolute Gasteiger partial charge is 0.497 e. The lowest BCUT2D eigenvalue weighted by atomic mass is 9.73. The molecule has 2 N–H and O–H groups in total. The lowest BCUT2D eigenvalue weighted by Gasteiger charge is -2.37. The Balaban J connectivity index is 1.37. The molecule has 0 spiro atoms. The Morgan fingerprint density at radius 3 is 2.43 bits per heavy atom. The highest BCUT2D eigenvalue weighted by Crippen LogP contribution is 2.40. The van der Waals surface area contributed by atoms with Crippen LogP contribution in [0.5, 0.6) is 5.75 Å². The Bertz CT molecular complexity index is 1020. The number of nitrogens with one attached hydrogen (secondary N) is 1. The minimum absolute atomic E-state index is 0.0518. The fraction of sp³-hybridized carbons (Fsp3) is 0.667. The second-order valence-electron chi connectivity index (χ2n) is 10.2. The van der Waals surface area contributed by atoms with E-state index in [1.807, 2.05) is 6.08 Å². The number of amides is 1. The first-order chi connectivity index (χ1) is 17.9. The normalized spacial score (nSPS) is 23.2. The monoisotopic (exact) mass is 536 g/mol. The van der Waals surface area contributed by atoms with Crippen molar-refractivity contribution in [2.24, 2.45) is 11.8 Å². The third-order valence-electron chi connectivity index (χ3n) is 7.70. The molecular formula is C27H40N2O7S. The van der Waals surface area contributed by atoms with E-state index in [-0.39, 0.29) is 49.1 Å². The summed E-state index contributed by atoms with van der Waals surface area (Å²) < 4.78 is 44.6. The first-order valence-corrected chi connectivity index (χ1v) is 14.9. The van der Waals surface area contributed by atoms with E-state index in [1.165, 1.54) is 36.4 Å². The zero-order valence-electron chi connectivity index (χ0n) is 21.6. The van der Waals surface area contributed by atoms with E-state index in [4.69, 9.17) is 14.2 Å². The van der Waals surface area contributed by atoms with Crippen LogP contribution < -0.4 is 10.1 Å². The molecule has 4 rings (SSSR count). The number of hydrogen-bond acceptors (Lipinski definition) is 7. The van der Waals surface area contributed by atoms with Gasteiger partial charge in [-0.1, -0.05) is 25.7 Å². The number of hydrogen-bond donors (Lipinski definition) is 2. The molecule has 3 aliphatic rings. The van der Waals surface area contributed by atoms with Gasteiger partial charge in [0.15, 0.2) is 5.76 Å². The minimum atomic E-state index is -3.83. The Morgan fingerprint density at radius 1 is 1.08 bits per heavy atom. The summed E-state index contributed by atoms with van der Waals surface area (Å²) in [5.41, 5.74) is 0. The second-order valence-corrected chi connectivity index (χ2v) is 12.1. The maximum absolute atomic E-state index is 13.1. The number of carbonyl (C=O) groups excluding carboxylic acids is 1. The van der Waals surface area contributed by atoms with E-state index >= 15 is 0 Å². The fourth-order valence-electron chi connectivity index (χ4n) is 5.29. The number of ether oxygens (including phenoxy) is 3. The van der Waals surface area contributed by atoms with Gasteiger partial charge < -0.3 is 24.6 Å². The van der Waals surface area contributed by atoms with Crippen molar-refractivity contribution in [3.8, 4) is 5.75 Å². The van der Waals surface area contributed by atoms with Gasteiger partial charge in [-0.05, 0) is 67.9 Å². The summed E-state index contributed by atoms with van der Waals surface area (Å²) in [6.45, 7) is -0.235. The molecule has 0 aromatic heterocycles. The molecule has 0 radical (unpaired) electrons. The number of nitrogens with zero attached hydrogens (tertiary/aromatic N) is 1. The minimum Gasteiger partial charge on any atom is -0.497 e. The maximum Gasteiger partial charge on any atom is 0.286 e. The number of benzene rings is 1. The van der Waals surface area contributed by atoms with Crippen molar-refractivity contribution in [1.82, 2.24) is 9.62 Å². The first-order valence-electron chi connectivity index (χ1n) is 13.5. The van der Waals surface area contributed by atoms with Gasteiger partial charge in [0.1, 0.15) is 5.75 Å². The molecule has 10 heteroatoms. The molecule has 1 aliphatic heterocycles. The zero-order valence-corrected chi connectivity index (χ0v) is 22.5. The summed E-state index contributed by atoms with van der Waals surface area (Å²) in [4.78, 5) is 13.1. The zero-order chi connectivity index (χ0) is 26.3. The van der Waals surface area contributed by atoms with Crippen LogP contribution in [0.4, 0.5) is 0 Å². The Labute approximate surface area is 220 Å². The molecule has 1 amide bonds. The smallest absolute Gasteiger partial charge is 0.286 e. The molecule has 0 bridgehead atoms. The molecule has 2 aliphatic carbocycles. The number of methoxy groups -OCH3 is 1. The molecule has 206 valence electrons. The summed E-state index contributed by atoms with van der Waals surface area (Å²) in [5.74, 6) is 1.41. The van der Waals surface area contributed by atoms with Crippen LogP contribution in [0.3, 0.4) is 0 Å². The van der Waals surface area contributed by atoms with Crippen molar-refractivity contribution in [3.63, 3.8) is 0 Å². The van der Waals surface area contributed by atoms with E-state index in [0.717, 1.165) is 38.5 Å². The van der Waals surface area contributed by atoms with Crippen LogP contribution in [-0.4, -0.2) is 69.5 Å². The Hall–Kier alpha value is -2.14. The predicted octanol–water partition coefficient (Wildman–Crippen LogP) is 3.19. The van der Waals surface area contributed by atoms with E-state index in [2.05, 4.69) is 5.32 Å². The molecule has 2 atom stereocenters. The first kappa shape index (κ1) is 27.9.